The molecule has 0 aliphatic carbocycles. The van der Waals surface area contributed by atoms with Crippen molar-refractivity contribution in [3.63, 3.8) is 0 Å². The summed E-state index contributed by atoms with van der Waals surface area (Å²) in [4.78, 5) is 2.18. The first-order chi connectivity index (χ1) is 7.81. The summed E-state index contributed by atoms with van der Waals surface area (Å²) in [6.07, 6.45) is 2.35. The molecule has 0 heterocycles. The van der Waals surface area contributed by atoms with Crippen molar-refractivity contribution >= 4 is 27.2 Å². The van der Waals surface area contributed by atoms with Crippen molar-refractivity contribution < 1.29 is 16.8 Å². The maximum Gasteiger partial charge on any atom is 0.399 e. The van der Waals surface area contributed by atoms with E-state index in [-0.39, 0.29) is 31.7 Å². The molecular formula is C12H36B2N2O4S. The lowest BCUT2D eigenvalue weighted by molar-refractivity contribution is 0.286. The topological polar surface area (TPSA) is 81.9 Å². The van der Waals surface area contributed by atoms with Crippen LogP contribution in [-0.4, -0.2) is 71.5 Å². The van der Waals surface area contributed by atoms with Gasteiger partial charge in [0.2, 0.25) is 0 Å². The number of nitrogens with two attached hydrogens (primary N) is 1. The van der Waals surface area contributed by atoms with Crippen molar-refractivity contribution in [3.8, 4) is 0 Å². The summed E-state index contributed by atoms with van der Waals surface area (Å²) in [7, 11) is 2.57. The van der Waals surface area contributed by atoms with Gasteiger partial charge in [0.05, 0.1) is 14.2 Å². The molecule has 0 aromatic heterocycles. The Morgan fingerprint density at radius 1 is 0.952 bits per heavy atom. The van der Waals surface area contributed by atoms with Crippen LogP contribution in [0.2, 0.25) is 0 Å². The Morgan fingerprint density at radius 2 is 1.24 bits per heavy atom. The fraction of sp³-hybridized carbons (Fsp3) is 1.00. The molecule has 0 amide bonds. The van der Waals surface area contributed by atoms with E-state index in [9.17, 15) is 8.42 Å². The number of hydrogen-bond acceptors (Lipinski definition) is 6. The zero-order valence-corrected chi connectivity index (χ0v) is 13.9. The zero-order chi connectivity index (χ0) is 14.3. The summed E-state index contributed by atoms with van der Waals surface area (Å²) in [5.41, 5.74) is 5.03. The summed E-state index contributed by atoms with van der Waals surface area (Å²) in [6.45, 7) is 6.26. The molecule has 0 aliphatic heterocycles. The van der Waals surface area contributed by atoms with Gasteiger partial charge in [-0.2, -0.15) is 8.42 Å². The Kier molecular flexibility index (Phi) is 65.3. The van der Waals surface area contributed by atoms with Crippen LogP contribution < -0.4 is 5.73 Å². The standard InChI is InChI=1S/C5H13N.C3H9N.C2H6O4S.2CH4.2B/c1-4-5-6(2)3;1-2-3-4;1-5-7(3,4)6-2;;;;/h4-5H2,1-3H3;2-4H2,1H3;1-2H3;2*1H4;;. The molecule has 0 fully saturated rings. The third-order valence-corrected chi connectivity index (χ3v) is 2.18. The molecular weight excluding hydrogens is 290 g/mol. The molecule has 0 aromatic rings. The molecule has 0 saturated heterocycles. The lowest BCUT2D eigenvalue weighted by Crippen LogP contribution is -2.11. The third-order valence-electron chi connectivity index (χ3n) is 1.37. The minimum atomic E-state index is -3.66. The second-order valence-electron chi connectivity index (χ2n) is 3.33. The van der Waals surface area contributed by atoms with E-state index in [2.05, 4.69) is 41.2 Å². The molecule has 6 radical (unpaired) electrons. The van der Waals surface area contributed by atoms with Crippen LogP contribution in [-0.2, 0) is 18.8 Å². The Labute approximate surface area is 138 Å². The van der Waals surface area contributed by atoms with Crippen LogP contribution in [0.1, 0.15) is 41.5 Å². The predicted octanol–water partition coefficient (Wildman–Crippen LogP) is 1.35. The van der Waals surface area contributed by atoms with Crippen molar-refractivity contribution in [2.24, 2.45) is 5.73 Å². The van der Waals surface area contributed by atoms with Crippen molar-refractivity contribution in [1.82, 2.24) is 4.90 Å². The van der Waals surface area contributed by atoms with Gasteiger partial charge < -0.3 is 10.6 Å². The summed E-state index contributed by atoms with van der Waals surface area (Å²) in [5.74, 6) is 0. The molecule has 2 N–H and O–H groups in total. The molecule has 0 spiro atoms. The van der Waals surface area contributed by atoms with Gasteiger partial charge in [-0.3, -0.25) is 8.37 Å². The Balaban J connectivity index is -0.0000000263. The smallest absolute Gasteiger partial charge is 0.330 e. The number of rotatable bonds is 5. The quantitative estimate of drug-likeness (QED) is 0.768. The first-order valence-electron chi connectivity index (χ1n) is 5.52. The van der Waals surface area contributed by atoms with E-state index in [4.69, 9.17) is 5.73 Å². The van der Waals surface area contributed by atoms with E-state index in [0.29, 0.717) is 0 Å². The fourth-order valence-corrected chi connectivity index (χ4v) is 0.651. The van der Waals surface area contributed by atoms with Gasteiger partial charge in [0.1, 0.15) is 0 Å². The summed E-state index contributed by atoms with van der Waals surface area (Å²) in [6, 6.07) is 0. The first-order valence-corrected chi connectivity index (χ1v) is 6.85. The van der Waals surface area contributed by atoms with Gasteiger partial charge >= 0.3 is 10.4 Å². The van der Waals surface area contributed by atoms with E-state index >= 15 is 0 Å². The SMILES string of the molecule is C.C.CCCN.CCCN(C)C.COS(=O)(=O)OC.[B].[B]. The van der Waals surface area contributed by atoms with Gasteiger partial charge in [-0.1, -0.05) is 28.7 Å². The Morgan fingerprint density at radius 3 is 1.24 bits per heavy atom. The highest BCUT2D eigenvalue weighted by atomic mass is 32.3. The second kappa shape index (κ2) is 32.0. The van der Waals surface area contributed by atoms with E-state index in [0.717, 1.165) is 27.2 Å². The zero-order valence-electron chi connectivity index (χ0n) is 13.0. The summed E-state index contributed by atoms with van der Waals surface area (Å²) >= 11 is 0. The van der Waals surface area contributed by atoms with Gasteiger partial charge in [-0.05, 0) is 40.0 Å². The average molecular weight is 326 g/mol. The van der Waals surface area contributed by atoms with Crippen LogP contribution in [0.5, 0.6) is 0 Å². The summed E-state index contributed by atoms with van der Waals surface area (Å²) in [5, 5.41) is 0. The van der Waals surface area contributed by atoms with Gasteiger partial charge in [0, 0.05) is 16.8 Å². The molecule has 0 saturated carbocycles. The lowest BCUT2D eigenvalue weighted by Gasteiger charge is -2.03. The monoisotopic (exact) mass is 326 g/mol. The van der Waals surface area contributed by atoms with Gasteiger partial charge in [-0.15, -0.1) is 0 Å². The summed E-state index contributed by atoms with van der Waals surface area (Å²) < 4.78 is 27.5. The number of hydrogen-bond donors (Lipinski definition) is 1. The molecule has 0 bridgehead atoms. The molecule has 9 heteroatoms. The molecule has 0 aliphatic rings. The van der Waals surface area contributed by atoms with Crippen LogP contribution in [0.4, 0.5) is 0 Å². The molecule has 21 heavy (non-hydrogen) atoms. The minimum absolute atomic E-state index is 0. The predicted molar refractivity (Wildman–Crippen MR) is 96.1 cm³/mol. The molecule has 0 rings (SSSR count). The molecule has 0 atom stereocenters. The maximum absolute atomic E-state index is 9.92. The largest absolute Gasteiger partial charge is 0.399 e. The lowest BCUT2D eigenvalue weighted by atomic mass is 10.5. The van der Waals surface area contributed by atoms with Gasteiger partial charge in [0.15, 0.2) is 0 Å². The number of nitrogens with zero attached hydrogens (tertiary/aromatic N) is 1. The van der Waals surface area contributed by atoms with Crippen LogP contribution in [0, 0.1) is 0 Å². The molecule has 6 nitrogen and oxygen atoms in total. The normalized spacial score (nSPS) is 8.19. The van der Waals surface area contributed by atoms with Gasteiger partial charge in [-0.25, -0.2) is 0 Å². The van der Waals surface area contributed by atoms with E-state index in [1.165, 1.54) is 13.0 Å². The Bertz CT molecular complexity index is 217. The van der Waals surface area contributed by atoms with Crippen LogP contribution in [0.15, 0.2) is 0 Å². The van der Waals surface area contributed by atoms with Crippen LogP contribution >= 0.6 is 0 Å². The average Bonchev–Trinajstić information content (AvgIpc) is 2.30. The molecule has 130 valence electrons. The maximum atomic E-state index is 9.92. The minimum Gasteiger partial charge on any atom is -0.330 e. The van der Waals surface area contributed by atoms with Crippen molar-refractivity contribution in [1.29, 1.82) is 0 Å². The fourth-order valence-electron chi connectivity index (χ4n) is 0.515. The highest BCUT2D eigenvalue weighted by Gasteiger charge is 2.01. The molecule has 0 unspecified atom stereocenters. The van der Waals surface area contributed by atoms with Crippen LogP contribution in [0.25, 0.3) is 0 Å². The highest BCUT2D eigenvalue weighted by molar-refractivity contribution is 7.81. The van der Waals surface area contributed by atoms with Crippen molar-refractivity contribution in [2.75, 3.05) is 41.4 Å². The van der Waals surface area contributed by atoms with E-state index in [1.807, 2.05) is 0 Å². The van der Waals surface area contributed by atoms with Crippen molar-refractivity contribution in [2.45, 2.75) is 41.5 Å². The highest BCUT2D eigenvalue weighted by Crippen LogP contribution is 1.85. The Hall–Kier alpha value is -0.0801. The third kappa shape index (κ3) is 65.0. The molecule has 0 aromatic carbocycles. The van der Waals surface area contributed by atoms with Crippen molar-refractivity contribution in [3.05, 3.63) is 0 Å². The second-order valence-corrected chi connectivity index (χ2v) is 4.82. The van der Waals surface area contributed by atoms with E-state index < -0.39 is 10.4 Å². The van der Waals surface area contributed by atoms with E-state index in [1.54, 1.807) is 0 Å². The van der Waals surface area contributed by atoms with Gasteiger partial charge in [0.25, 0.3) is 0 Å². The first kappa shape index (κ1) is 42.8. The van der Waals surface area contributed by atoms with Crippen LogP contribution in [0.3, 0.4) is 0 Å².